The Morgan fingerprint density at radius 2 is 2.05 bits per heavy atom. The van der Waals surface area contributed by atoms with Gasteiger partial charge in [0.1, 0.15) is 5.75 Å². The number of hydrogen-bond donors (Lipinski definition) is 1. The van der Waals surface area contributed by atoms with E-state index < -0.39 is 0 Å². The molecule has 0 saturated heterocycles. The molecule has 1 amide bonds. The molecule has 0 aliphatic carbocycles. The van der Waals surface area contributed by atoms with Crippen molar-refractivity contribution in [2.45, 2.75) is 19.8 Å². The van der Waals surface area contributed by atoms with E-state index in [9.17, 15) is 4.79 Å². The molecule has 0 atom stereocenters. The van der Waals surface area contributed by atoms with Gasteiger partial charge in [-0.3, -0.25) is 9.78 Å². The van der Waals surface area contributed by atoms with Crippen LogP contribution in [0.5, 0.6) is 5.75 Å². The van der Waals surface area contributed by atoms with Crippen molar-refractivity contribution < 1.29 is 9.53 Å². The molecule has 0 fully saturated rings. The largest absolute Gasteiger partial charge is 0.494 e. The van der Waals surface area contributed by atoms with Crippen molar-refractivity contribution in [1.82, 2.24) is 10.3 Å². The summed E-state index contributed by atoms with van der Waals surface area (Å²) in [6, 6.07) is 11.6. The van der Waals surface area contributed by atoms with Crippen LogP contribution >= 0.6 is 0 Å². The van der Waals surface area contributed by atoms with Crippen LogP contribution in [-0.2, 0) is 6.42 Å². The SMILES string of the molecule is CCOc1ccc(CCCNC(=O)c2cccnc2)cc1. The zero-order valence-electron chi connectivity index (χ0n) is 12.2. The Morgan fingerprint density at radius 1 is 1.24 bits per heavy atom. The number of nitrogens with one attached hydrogen (secondary N) is 1. The first kappa shape index (κ1) is 15.0. The van der Waals surface area contributed by atoms with Crippen LogP contribution in [0.4, 0.5) is 0 Å². The molecule has 0 aliphatic heterocycles. The monoisotopic (exact) mass is 284 g/mol. The first-order valence-electron chi connectivity index (χ1n) is 7.19. The number of hydrogen-bond acceptors (Lipinski definition) is 3. The molecule has 1 aromatic carbocycles. The quantitative estimate of drug-likeness (QED) is 0.795. The number of aromatic nitrogens is 1. The van der Waals surface area contributed by atoms with Gasteiger partial charge in [-0.1, -0.05) is 12.1 Å². The number of amides is 1. The van der Waals surface area contributed by atoms with Crippen molar-refractivity contribution in [3.63, 3.8) is 0 Å². The Balaban J connectivity index is 1.71. The summed E-state index contributed by atoms with van der Waals surface area (Å²) < 4.78 is 5.40. The molecule has 4 heteroatoms. The summed E-state index contributed by atoms with van der Waals surface area (Å²) in [6.45, 7) is 3.31. The van der Waals surface area contributed by atoms with E-state index in [4.69, 9.17) is 4.74 Å². The second kappa shape index (κ2) is 8.04. The number of rotatable bonds is 7. The highest BCUT2D eigenvalue weighted by atomic mass is 16.5. The van der Waals surface area contributed by atoms with Gasteiger partial charge in [-0.15, -0.1) is 0 Å². The number of benzene rings is 1. The van der Waals surface area contributed by atoms with Gasteiger partial charge in [0, 0.05) is 18.9 Å². The van der Waals surface area contributed by atoms with Gasteiger partial charge >= 0.3 is 0 Å². The smallest absolute Gasteiger partial charge is 0.252 e. The van der Waals surface area contributed by atoms with Gasteiger partial charge in [-0.05, 0) is 49.6 Å². The lowest BCUT2D eigenvalue weighted by molar-refractivity contribution is 0.0953. The van der Waals surface area contributed by atoms with Gasteiger partial charge in [0.05, 0.1) is 12.2 Å². The first-order chi connectivity index (χ1) is 10.3. The Bertz CT molecular complexity index is 553. The molecule has 2 aromatic rings. The maximum absolute atomic E-state index is 11.8. The molecule has 1 heterocycles. The van der Waals surface area contributed by atoms with Gasteiger partial charge in [0.2, 0.25) is 0 Å². The number of ether oxygens (including phenoxy) is 1. The summed E-state index contributed by atoms with van der Waals surface area (Å²) in [6.07, 6.45) is 5.06. The van der Waals surface area contributed by atoms with E-state index in [1.807, 2.05) is 19.1 Å². The Kier molecular flexibility index (Phi) is 5.76. The van der Waals surface area contributed by atoms with Crippen molar-refractivity contribution in [3.05, 3.63) is 59.9 Å². The van der Waals surface area contributed by atoms with E-state index in [2.05, 4.69) is 22.4 Å². The highest BCUT2D eigenvalue weighted by Crippen LogP contribution is 2.13. The Morgan fingerprint density at radius 3 is 2.71 bits per heavy atom. The number of pyridine rings is 1. The standard InChI is InChI=1S/C17H20N2O2/c1-2-21-16-9-7-14(8-10-16)5-3-12-19-17(20)15-6-4-11-18-13-15/h4,6-11,13H,2-3,5,12H2,1H3,(H,19,20). The van der Waals surface area contributed by atoms with Crippen LogP contribution in [0, 0.1) is 0 Å². The van der Waals surface area contributed by atoms with E-state index in [-0.39, 0.29) is 5.91 Å². The first-order valence-corrected chi connectivity index (χ1v) is 7.19. The summed E-state index contributed by atoms with van der Waals surface area (Å²) >= 11 is 0. The minimum atomic E-state index is -0.0743. The second-order valence-electron chi connectivity index (χ2n) is 4.68. The molecule has 1 N–H and O–H groups in total. The van der Waals surface area contributed by atoms with Crippen molar-refractivity contribution in [2.75, 3.05) is 13.2 Å². The van der Waals surface area contributed by atoms with Crippen LogP contribution in [-0.4, -0.2) is 24.0 Å². The van der Waals surface area contributed by atoms with Gasteiger partial charge in [0.25, 0.3) is 5.91 Å². The van der Waals surface area contributed by atoms with E-state index in [0.717, 1.165) is 18.6 Å². The highest BCUT2D eigenvalue weighted by molar-refractivity contribution is 5.93. The van der Waals surface area contributed by atoms with E-state index in [1.165, 1.54) is 5.56 Å². The van der Waals surface area contributed by atoms with Crippen molar-refractivity contribution in [3.8, 4) is 5.75 Å². The summed E-state index contributed by atoms with van der Waals surface area (Å²) in [5.41, 5.74) is 1.84. The molecular weight excluding hydrogens is 264 g/mol. The third-order valence-corrected chi connectivity index (χ3v) is 3.09. The fourth-order valence-corrected chi connectivity index (χ4v) is 2.01. The van der Waals surface area contributed by atoms with Crippen LogP contribution in [0.3, 0.4) is 0 Å². The average molecular weight is 284 g/mol. The van der Waals surface area contributed by atoms with Crippen LogP contribution in [0.1, 0.15) is 29.3 Å². The summed E-state index contributed by atoms with van der Waals surface area (Å²) in [4.78, 5) is 15.7. The minimum absolute atomic E-state index is 0.0743. The fourth-order valence-electron chi connectivity index (χ4n) is 2.01. The third-order valence-electron chi connectivity index (χ3n) is 3.09. The van der Waals surface area contributed by atoms with Crippen molar-refractivity contribution >= 4 is 5.91 Å². The number of carbonyl (C=O) groups is 1. The third kappa shape index (κ3) is 4.91. The normalized spacial score (nSPS) is 10.1. The molecule has 0 saturated carbocycles. The topological polar surface area (TPSA) is 51.2 Å². The van der Waals surface area contributed by atoms with Crippen molar-refractivity contribution in [1.29, 1.82) is 0 Å². The maximum atomic E-state index is 11.8. The van der Waals surface area contributed by atoms with E-state index in [0.29, 0.717) is 18.7 Å². The molecule has 1 aromatic heterocycles. The number of carbonyl (C=O) groups excluding carboxylic acids is 1. The molecule has 0 unspecified atom stereocenters. The fraction of sp³-hybridized carbons (Fsp3) is 0.294. The van der Waals surface area contributed by atoms with Crippen LogP contribution in [0.2, 0.25) is 0 Å². The predicted octanol–water partition coefficient (Wildman–Crippen LogP) is 2.84. The molecule has 110 valence electrons. The van der Waals surface area contributed by atoms with E-state index >= 15 is 0 Å². The summed E-state index contributed by atoms with van der Waals surface area (Å²) in [5, 5.41) is 2.90. The lowest BCUT2D eigenvalue weighted by atomic mass is 10.1. The number of nitrogens with zero attached hydrogens (tertiary/aromatic N) is 1. The van der Waals surface area contributed by atoms with Gasteiger partial charge in [-0.25, -0.2) is 0 Å². The molecule has 0 radical (unpaired) electrons. The summed E-state index contributed by atoms with van der Waals surface area (Å²) in [5.74, 6) is 0.820. The molecule has 0 spiro atoms. The zero-order chi connectivity index (χ0) is 14.9. The van der Waals surface area contributed by atoms with Gasteiger partial charge in [0.15, 0.2) is 0 Å². The van der Waals surface area contributed by atoms with Gasteiger partial charge in [-0.2, -0.15) is 0 Å². The lowest BCUT2D eigenvalue weighted by Crippen LogP contribution is -2.24. The van der Waals surface area contributed by atoms with Crippen LogP contribution in [0.25, 0.3) is 0 Å². The molecule has 2 rings (SSSR count). The van der Waals surface area contributed by atoms with Crippen LogP contribution in [0.15, 0.2) is 48.8 Å². The number of aryl methyl sites for hydroxylation is 1. The molecule has 0 aliphatic rings. The summed E-state index contributed by atoms with van der Waals surface area (Å²) in [7, 11) is 0. The van der Waals surface area contributed by atoms with E-state index in [1.54, 1.807) is 24.5 Å². The Hall–Kier alpha value is -2.36. The second-order valence-corrected chi connectivity index (χ2v) is 4.68. The maximum Gasteiger partial charge on any atom is 0.252 e. The highest BCUT2D eigenvalue weighted by Gasteiger charge is 2.03. The van der Waals surface area contributed by atoms with Crippen molar-refractivity contribution in [2.24, 2.45) is 0 Å². The molecular formula is C17H20N2O2. The molecule has 0 bridgehead atoms. The van der Waals surface area contributed by atoms with Crippen LogP contribution < -0.4 is 10.1 Å². The lowest BCUT2D eigenvalue weighted by Gasteiger charge is -2.06. The average Bonchev–Trinajstić information content (AvgIpc) is 2.54. The zero-order valence-corrected chi connectivity index (χ0v) is 12.2. The molecule has 4 nitrogen and oxygen atoms in total. The minimum Gasteiger partial charge on any atom is -0.494 e. The molecule has 21 heavy (non-hydrogen) atoms. The Labute approximate surface area is 125 Å². The van der Waals surface area contributed by atoms with Gasteiger partial charge < -0.3 is 10.1 Å². The predicted molar refractivity (Wildman–Crippen MR) is 82.5 cm³/mol.